The molecule has 0 radical (unpaired) electrons. The molecule has 5 nitrogen and oxygen atoms in total. The first-order valence-corrected chi connectivity index (χ1v) is 11.2. The monoisotopic (exact) mass is 401 g/mol. The Hall–Kier alpha value is -1.30. The Balaban J connectivity index is 1.34. The third-order valence-corrected chi connectivity index (χ3v) is 7.41. The van der Waals surface area contributed by atoms with Gasteiger partial charge in [-0.2, -0.15) is 0 Å². The van der Waals surface area contributed by atoms with Crippen LogP contribution >= 0.6 is 0 Å². The van der Waals surface area contributed by atoms with Crippen LogP contribution in [-0.4, -0.2) is 54.6 Å². The van der Waals surface area contributed by atoms with Gasteiger partial charge in [0.1, 0.15) is 0 Å². The van der Waals surface area contributed by atoms with E-state index in [0.29, 0.717) is 11.8 Å². The summed E-state index contributed by atoms with van der Waals surface area (Å²) in [6, 6.07) is 4.57. The van der Waals surface area contributed by atoms with Crippen molar-refractivity contribution in [1.82, 2.24) is 4.90 Å². The fourth-order valence-electron chi connectivity index (χ4n) is 5.90. The maximum Gasteiger partial charge on any atom is 0.161 e. The lowest BCUT2D eigenvalue weighted by molar-refractivity contribution is -0.149. The third-order valence-electron chi connectivity index (χ3n) is 7.41. The summed E-state index contributed by atoms with van der Waals surface area (Å²) in [5.74, 6) is 2.67. The standard InChI is InChI=1S/C24H35NO4/c1-23(2,3)29-22-13-25-6-5-16-7-21(28-14-24-10-15(11-24)12-24)20(27-4)8-17(16)18(25)9-19(22)26/h7-8,15,18-19,22,26H,5-6,9-14H2,1-4H3. The van der Waals surface area contributed by atoms with Gasteiger partial charge in [0.05, 0.1) is 31.5 Å². The molecule has 1 aromatic carbocycles. The normalized spacial score (nSPS) is 35.8. The second-order valence-electron chi connectivity index (χ2n) is 10.8. The summed E-state index contributed by atoms with van der Waals surface area (Å²) in [5, 5.41) is 10.8. The number of hydrogen-bond acceptors (Lipinski definition) is 5. The lowest BCUT2D eigenvalue weighted by Gasteiger charge is -2.61. The van der Waals surface area contributed by atoms with Crippen molar-refractivity contribution in [3.8, 4) is 11.5 Å². The van der Waals surface area contributed by atoms with E-state index < -0.39 is 6.10 Å². The lowest BCUT2D eigenvalue weighted by Crippen LogP contribution is -2.55. The molecule has 4 fully saturated rings. The number of aliphatic hydroxyl groups is 1. The third kappa shape index (κ3) is 3.55. The van der Waals surface area contributed by atoms with E-state index in [-0.39, 0.29) is 17.7 Å². The summed E-state index contributed by atoms with van der Waals surface area (Å²) in [7, 11) is 1.72. The molecule has 29 heavy (non-hydrogen) atoms. The highest BCUT2D eigenvalue weighted by Gasteiger charge is 2.57. The topological polar surface area (TPSA) is 51.2 Å². The highest BCUT2D eigenvalue weighted by atomic mass is 16.5. The van der Waals surface area contributed by atoms with E-state index in [9.17, 15) is 5.11 Å². The van der Waals surface area contributed by atoms with Gasteiger partial charge in [-0.1, -0.05) is 0 Å². The maximum atomic E-state index is 10.8. The first kappa shape index (κ1) is 19.7. The number of ether oxygens (including phenoxy) is 3. The number of nitrogens with zero attached hydrogens (tertiary/aromatic N) is 1. The number of aliphatic hydroxyl groups excluding tert-OH is 1. The van der Waals surface area contributed by atoms with Crippen LogP contribution in [0.25, 0.3) is 0 Å². The van der Waals surface area contributed by atoms with Crippen LogP contribution in [-0.2, 0) is 11.2 Å². The van der Waals surface area contributed by atoms with E-state index >= 15 is 0 Å². The van der Waals surface area contributed by atoms with Gasteiger partial charge in [0, 0.05) is 24.5 Å². The predicted octanol–water partition coefficient (Wildman–Crippen LogP) is 3.72. The van der Waals surface area contributed by atoms with Crippen LogP contribution in [0, 0.1) is 11.3 Å². The van der Waals surface area contributed by atoms with Crippen molar-refractivity contribution in [1.29, 1.82) is 0 Å². The van der Waals surface area contributed by atoms with Crippen molar-refractivity contribution >= 4 is 0 Å². The predicted molar refractivity (Wildman–Crippen MR) is 112 cm³/mol. The van der Waals surface area contributed by atoms with Crippen molar-refractivity contribution < 1.29 is 19.3 Å². The van der Waals surface area contributed by atoms with Gasteiger partial charge < -0.3 is 19.3 Å². The SMILES string of the molecule is COc1cc2c(cc1OCC13CC(C1)C3)CCN1CC(OC(C)(C)C)C(O)CC21. The molecular formula is C24H35NO4. The molecule has 160 valence electrons. The van der Waals surface area contributed by atoms with Gasteiger partial charge in [-0.3, -0.25) is 4.90 Å². The molecule has 3 unspecified atom stereocenters. The van der Waals surface area contributed by atoms with Gasteiger partial charge >= 0.3 is 0 Å². The maximum absolute atomic E-state index is 10.8. The Bertz CT molecular complexity index is 769. The number of piperidine rings is 1. The first-order valence-electron chi connectivity index (χ1n) is 11.2. The van der Waals surface area contributed by atoms with E-state index in [2.05, 4.69) is 37.8 Å². The van der Waals surface area contributed by atoms with Crippen molar-refractivity contribution in [2.45, 2.75) is 76.7 Å². The zero-order valence-electron chi connectivity index (χ0n) is 18.2. The number of methoxy groups -OCH3 is 1. The number of hydrogen-bond donors (Lipinski definition) is 1. The molecule has 0 amide bonds. The number of fused-ring (bicyclic) bond motifs is 3. The van der Waals surface area contributed by atoms with E-state index in [1.165, 1.54) is 30.4 Å². The van der Waals surface area contributed by atoms with Crippen LogP contribution in [0.4, 0.5) is 0 Å². The van der Waals surface area contributed by atoms with Gasteiger partial charge in [0.25, 0.3) is 0 Å². The zero-order chi connectivity index (χ0) is 20.4. The van der Waals surface area contributed by atoms with Gasteiger partial charge in [-0.25, -0.2) is 0 Å². The van der Waals surface area contributed by atoms with Crippen molar-refractivity contribution in [2.75, 3.05) is 26.8 Å². The molecular weight excluding hydrogens is 366 g/mol. The van der Waals surface area contributed by atoms with E-state index in [1.807, 2.05) is 0 Å². The molecule has 3 atom stereocenters. The summed E-state index contributed by atoms with van der Waals surface area (Å²) in [6.07, 6.45) is 5.13. The Morgan fingerprint density at radius 1 is 1.17 bits per heavy atom. The summed E-state index contributed by atoms with van der Waals surface area (Å²) < 4.78 is 18.1. The summed E-state index contributed by atoms with van der Waals surface area (Å²) >= 11 is 0. The molecule has 1 saturated heterocycles. The van der Waals surface area contributed by atoms with Crippen molar-refractivity contribution in [3.05, 3.63) is 23.3 Å². The Labute approximate surface area is 174 Å². The average Bonchev–Trinajstić information content (AvgIpc) is 2.58. The van der Waals surface area contributed by atoms with Gasteiger partial charge in [0.15, 0.2) is 11.5 Å². The van der Waals surface area contributed by atoms with E-state index in [4.69, 9.17) is 14.2 Å². The van der Waals surface area contributed by atoms with Crippen LogP contribution in [0.3, 0.4) is 0 Å². The highest BCUT2D eigenvalue weighted by Crippen LogP contribution is 2.64. The molecule has 3 aliphatic carbocycles. The summed E-state index contributed by atoms with van der Waals surface area (Å²) in [6.45, 7) is 8.74. The molecule has 2 heterocycles. The molecule has 1 N–H and O–H groups in total. The van der Waals surface area contributed by atoms with Crippen LogP contribution in [0.1, 0.15) is 63.6 Å². The molecule has 0 aromatic heterocycles. The van der Waals surface area contributed by atoms with E-state index in [1.54, 1.807) is 7.11 Å². The number of benzene rings is 1. The van der Waals surface area contributed by atoms with Gasteiger partial charge in [0.2, 0.25) is 0 Å². The fourth-order valence-corrected chi connectivity index (χ4v) is 5.90. The second kappa shape index (κ2) is 6.86. The van der Waals surface area contributed by atoms with Gasteiger partial charge in [-0.15, -0.1) is 0 Å². The molecule has 6 rings (SSSR count). The lowest BCUT2D eigenvalue weighted by atomic mass is 9.45. The molecule has 5 aliphatic rings. The molecule has 0 spiro atoms. The van der Waals surface area contributed by atoms with Crippen LogP contribution in [0.2, 0.25) is 0 Å². The molecule has 3 saturated carbocycles. The Kier molecular flexibility index (Phi) is 4.65. The van der Waals surface area contributed by atoms with Crippen LogP contribution in [0.5, 0.6) is 11.5 Å². The number of rotatable bonds is 5. The van der Waals surface area contributed by atoms with Crippen molar-refractivity contribution in [3.63, 3.8) is 0 Å². The summed E-state index contributed by atoms with van der Waals surface area (Å²) in [5.41, 5.74) is 2.82. The van der Waals surface area contributed by atoms with E-state index in [0.717, 1.165) is 43.5 Å². The molecule has 2 aliphatic heterocycles. The minimum Gasteiger partial charge on any atom is -0.493 e. The van der Waals surface area contributed by atoms with Crippen LogP contribution in [0.15, 0.2) is 12.1 Å². The molecule has 5 heteroatoms. The smallest absolute Gasteiger partial charge is 0.161 e. The summed E-state index contributed by atoms with van der Waals surface area (Å²) in [4.78, 5) is 2.47. The largest absolute Gasteiger partial charge is 0.493 e. The Morgan fingerprint density at radius 2 is 1.93 bits per heavy atom. The molecule has 2 bridgehead atoms. The first-order chi connectivity index (χ1) is 13.8. The quantitative estimate of drug-likeness (QED) is 0.815. The highest BCUT2D eigenvalue weighted by molar-refractivity contribution is 5.50. The van der Waals surface area contributed by atoms with Gasteiger partial charge in [-0.05, 0) is 82.1 Å². The van der Waals surface area contributed by atoms with Crippen molar-refractivity contribution in [2.24, 2.45) is 11.3 Å². The average molecular weight is 402 g/mol. The minimum atomic E-state index is -0.451. The molecule has 1 aromatic rings. The van der Waals surface area contributed by atoms with Crippen LogP contribution < -0.4 is 9.47 Å². The fraction of sp³-hybridized carbons (Fsp3) is 0.750. The Morgan fingerprint density at radius 3 is 2.55 bits per heavy atom. The second-order valence-corrected chi connectivity index (χ2v) is 10.8. The minimum absolute atomic E-state index is 0.134. The zero-order valence-corrected chi connectivity index (χ0v) is 18.2.